The number of carbonyl (C=O) groups excluding carboxylic acids is 2. The van der Waals surface area contributed by atoms with Gasteiger partial charge in [0.2, 0.25) is 5.91 Å². The van der Waals surface area contributed by atoms with Crippen molar-refractivity contribution in [3.05, 3.63) is 59.7 Å². The van der Waals surface area contributed by atoms with Gasteiger partial charge in [0.1, 0.15) is 18.7 Å². The van der Waals surface area contributed by atoms with Gasteiger partial charge < -0.3 is 20.5 Å². The van der Waals surface area contributed by atoms with E-state index >= 15 is 0 Å². The van der Waals surface area contributed by atoms with E-state index in [4.69, 9.17) is 4.74 Å². The zero-order chi connectivity index (χ0) is 24.2. The first-order chi connectivity index (χ1) is 16.3. The number of nitrogens with one attached hydrogen (secondary N) is 2. The van der Waals surface area contributed by atoms with Gasteiger partial charge in [0.25, 0.3) is 0 Å². The minimum absolute atomic E-state index is 0.0401. The van der Waals surface area contributed by atoms with Crippen molar-refractivity contribution in [3.8, 4) is 11.1 Å². The van der Waals surface area contributed by atoms with Crippen molar-refractivity contribution in [2.24, 2.45) is 11.8 Å². The second-order valence-corrected chi connectivity index (χ2v) is 9.66. The van der Waals surface area contributed by atoms with Gasteiger partial charge in [-0.15, -0.1) is 0 Å². The van der Waals surface area contributed by atoms with Gasteiger partial charge in [0.15, 0.2) is 0 Å². The summed E-state index contributed by atoms with van der Waals surface area (Å²) in [5.74, 6) is -1.31. The molecule has 7 heteroatoms. The number of amides is 2. The number of aliphatic carboxylic acids is 1. The first kappa shape index (κ1) is 23.8. The van der Waals surface area contributed by atoms with Crippen LogP contribution in [0.2, 0.25) is 0 Å². The molecule has 1 saturated carbocycles. The summed E-state index contributed by atoms with van der Waals surface area (Å²) in [6.45, 7) is 4.22. The number of benzene rings is 2. The predicted molar refractivity (Wildman–Crippen MR) is 128 cm³/mol. The number of carbonyl (C=O) groups is 3. The highest BCUT2D eigenvalue weighted by molar-refractivity contribution is 5.89. The molecule has 0 radical (unpaired) electrons. The Morgan fingerprint density at radius 2 is 1.53 bits per heavy atom. The Bertz CT molecular complexity index is 1020. The van der Waals surface area contributed by atoms with Crippen LogP contribution in [0.1, 0.15) is 56.6 Å². The lowest BCUT2D eigenvalue weighted by Gasteiger charge is -2.22. The van der Waals surface area contributed by atoms with E-state index in [1.54, 1.807) is 0 Å². The molecule has 2 aromatic rings. The van der Waals surface area contributed by atoms with Gasteiger partial charge in [0, 0.05) is 5.92 Å². The highest BCUT2D eigenvalue weighted by Crippen LogP contribution is 2.44. The minimum Gasteiger partial charge on any atom is -0.480 e. The maximum Gasteiger partial charge on any atom is 0.407 e. The fourth-order valence-corrected chi connectivity index (χ4v) is 4.62. The summed E-state index contributed by atoms with van der Waals surface area (Å²) in [6, 6.07) is 14.4. The number of hydrogen-bond donors (Lipinski definition) is 3. The predicted octanol–water partition coefficient (Wildman–Crippen LogP) is 4.31. The van der Waals surface area contributed by atoms with Crippen LogP contribution < -0.4 is 10.6 Å². The van der Waals surface area contributed by atoms with Crippen LogP contribution in [0.5, 0.6) is 0 Å². The zero-order valence-corrected chi connectivity index (χ0v) is 19.6. The summed E-state index contributed by atoms with van der Waals surface area (Å²) in [6.07, 6.45) is 2.01. The number of carboxylic acids is 1. The second-order valence-electron chi connectivity index (χ2n) is 9.66. The summed E-state index contributed by atoms with van der Waals surface area (Å²) >= 11 is 0. The molecule has 2 unspecified atom stereocenters. The van der Waals surface area contributed by atoms with Crippen LogP contribution in [-0.2, 0) is 14.3 Å². The van der Waals surface area contributed by atoms with Crippen molar-refractivity contribution in [2.45, 2.75) is 57.5 Å². The zero-order valence-electron chi connectivity index (χ0n) is 19.6. The molecular formula is C27H32N2O5. The van der Waals surface area contributed by atoms with Crippen molar-refractivity contribution in [2.75, 3.05) is 6.61 Å². The van der Waals surface area contributed by atoms with Gasteiger partial charge in [-0.3, -0.25) is 4.79 Å². The van der Waals surface area contributed by atoms with Crippen molar-refractivity contribution < 1.29 is 24.2 Å². The van der Waals surface area contributed by atoms with Crippen molar-refractivity contribution in [1.29, 1.82) is 0 Å². The summed E-state index contributed by atoms with van der Waals surface area (Å²) in [4.78, 5) is 37.2. The lowest BCUT2D eigenvalue weighted by atomic mass is 9.98. The van der Waals surface area contributed by atoms with E-state index in [1.807, 2.05) is 50.2 Å². The van der Waals surface area contributed by atoms with Gasteiger partial charge in [-0.05, 0) is 59.8 Å². The number of fused-ring (bicyclic) bond motifs is 3. The molecule has 2 aromatic carbocycles. The quantitative estimate of drug-likeness (QED) is 0.486. The van der Waals surface area contributed by atoms with E-state index in [1.165, 1.54) is 0 Å². The number of ether oxygens (including phenoxy) is 1. The standard InChI is InChI=1S/C27H32N2O5/c1-16(2)11-14-23(25(30)29-24(26(31)32)17-12-13-17)28-27(33)34-15-22-20-9-5-3-7-18(20)19-8-4-6-10-21(19)22/h3-10,16-17,22-24H,11-15H2,1-2H3,(H,28,33)(H,29,30)(H,31,32). The third-order valence-electron chi connectivity index (χ3n) is 6.64. The molecule has 0 aromatic heterocycles. The number of rotatable bonds is 10. The Morgan fingerprint density at radius 3 is 2.06 bits per heavy atom. The largest absolute Gasteiger partial charge is 0.480 e. The lowest BCUT2D eigenvalue weighted by Crippen LogP contribution is -2.52. The molecule has 0 aliphatic heterocycles. The number of carboxylic acid groups (broad SMARTS) is 1. The summed E-state index contributed by atoms with van der Waals surface area (Å²) in [5, 5.41) is 14.8. The molecule has 2 aliphatic carbocycles. The lowest BCUT2D eigenvalue weighted by molar-refractivity contribution is -0.142. The smallest absolute Gasteiger partial charge is 0.407 e. The molecule has 0 bridgehead atoms. The van der Waals surface area contributed by atoms with Gasteiger partial charge in [-0.1, -0.05) is 62.4 Å². The summed E-state index contributed by atoms with van der Waals surface area (Å²) in [5.41, 5.74) is 4.50. The molecule has 1 fully saturated rings. The Balaban J connectivity index is 1.41. The third kappa shape index (κ3) is 5.41. The summed E-state index contributed by atoms with van der Waals surface area (Å²) in [7, 11) is 0. The molecule has 180 valence electrons. The SMILES string of the molecule is CC(C)CCC(NC(=O)OCC1c2ccccc2-c2ccccc21)C(=O)NC(C(=O)O)C1CC1. The second kappa shape index (κ2) is 10.3. The van der Waals surface area contributed by atoms with Crippen molar-refractivity contribution in [1.82, 2.24) is 10.6 Å². The number of hydrogen-bond acceptors (Lipinski definition) is 4. The van der Waals surface area contributed by atoms with Crippen molar-refractivity contribution in [3.63, 3.8) is 0 Å². The Kier molecular flexibility index (Phi) is 7.20. The highest BCUT2D eigenvalue weighted by atomic mass is 16.5. The molecule has 0 heterocycles. The van der Waals surface area contributed by atoms with Gasteiger partial charge in [-0.2, -0.15) is 0 Å². The van der Waals surface area contributed by atoms with Crippen molar-refractivity contribution >= 4 is 18.0 Å². The normalized spacial score (nSPS) is 16.3. The minimum atomic E-state index is -1.04. The maximum atomic E-state index is 12.9. The van der Waals surface area contributed by atoms with Crippen LogP contribution in [-0.4, -0.2) is 41.8 Å². The molecule has 0 spiro atoms. The number of alkyl carbamates (subject to hydrolysis) is 1. The van der Waals surface area contributed by atoms with Crippen LogP contribution in [0.3, 0.4) is 0 Å². The van der Waals surface area contributed by atoms with Crippen LogP contribution >= 0.6 is 0 Å². The molecule has 3 N–H and O–H groups in total. The maximum absolute atomic E-state index is 12.9. The Labute approximate surface area is 199 Å². The van der Waals surface area contributed by atoms with E-state index in [2.05, 4.69) is 22.8 Å². The average molecular weight is 465 g/mol. The first-order valence-corrected chi connectivity index (χ1v) is 12.0. The van der Waals surface area contributed by atoms with Gasteiger partial charge in [-0.25, -0.2) is 9.59 Å². The Morgan fingerprint density at radius 1 is 0.941 bits per heavy atom. The van der Waals surface area contributed by atoms with Gasteiger partial charge in [0.05, 0.1) is 0 Å². The highest BCUT2D eigenvalue weighted by Gasteiger charge is 2.38. The van der Waals surface area contributed by atoms with Crippen LogP contribution in [0.4, 0.5) is 4.79 Å². The fourth-order valence-electron chi connectivity index (χ4n) is 4.62. The van der Waals surface area contributed by atoms with Crippen LogP contribution in [0, 0.1) is 11.8 Å². The fraction of sp³-hybridized carbons (Fsp3) is 0.444. The molecule has 7 nitrogen and oxygen atoms in total. The molecule has 34 heavy (non-hydrogen) atoms. The monoisotopic (exact) mass is 464 g/mol. The average Bonchev–Trinajstić information content (AvgIpc) is 3.60. The topological polar surface area (TPSA) is 105 Å². The van der Waals surface area contributed by atoms with E-state index in [0.29, 0.717) is 18.8 Å². The molecule has 0 saturated heterocycles. The van der Waals surface area contributed by atoms with Crippen LogP contribution in [0.15, 0.2) is 48.5 Å². The van der Waals surface area contributed by atoms with E-state index in [-0.39, 0.29) is 18.4 Å². The van der Waals surface area contributed by atoms with E-state index < -0.39 is 30.1 Å². The van der Waals surface area contributed by atoms with E-state index in [0.717, 1.165) is 35.1 Å². The molecule has 2 aliphatic rings. The Hall–Kier alpha value is -3.35. The molecule has 4 rings (SSSR count). The molecule has 2 atom stereocenters. The van der Waals surface area contributed by atoms with E-state index in [9.17, 15) is 19.5 Å². The molecular weight excluding hydrogens is 432 g/mol. The first-order valence-electron chi connectivity index (χ1n) is 12.0. The van der Waals surface area contributed by atoms with Crippen LogP contribution in [0.25, 0.3) is 11.1 Å². The van der Waals surface area contributed by atoms with Gasteiger partial charge >= 0.3 is 12.1 Å². The summed E-state index contributed by atoms with van der Waals surface area (Å²) < 4.78 is 5.59. The molecule has 2 amide bonds. The third-order valence-corrected chi connectivity index (χ3v) is 6.64.